The summed E-state index contributed by atoms with van der Waals surface area (Å²) in [6.45, 7) is 5.36. The Balaban J connectivity index is 1.53. The molecular weight excluding hydrogens is 414 g/mol. The van der Waals surface area contributed by atoms with Crippen molar-refractivity contribution in [3.05, 3.63) is 40.4 Å². The minimum absolute atomic E-state index is 0.0520. The number of hydrogen-bond donors (Lipinski definition) is 0. The largest absolute Gasteiger partial charge is 0.381 e. The molecule has 3 aliphatic rings. The zero-order chi connectivity index (χ0) is 20.6. The van der Waals surface area contributed by atoms with E-state index in [1.807, 2.05) is 9.80 Å². The van der Waals surface area contributed by atoms with Gasteiger partial charge in [-0.1, -0.05) is 23.7 Å². The third kappa shape index (κ3) is 4.06. The fourth-order valence-electron chi connectivity index (χ4n) is 4.12. The standard InChI is InChI=1S/C20H24ClN3O4S/c1-14-18(15-3-5-17(21)6-4-15)29(26,27)22-19(14)23-8-2-9-24(11-10-23)20(25)16-7-12-28-13-16/h3-6,16H,2,7-13H2,1H3/t16-/m0/s1. The number of sulfonamides is 1. The van der Waals surface area contributed by atoms with Crippen LogP contribution in [0.2, 0.25) is 5.02 Å². The van der Waals surface area contributed by atoms with Gasteiger partial charge in [0.25, 0.3) is 10.0 Å². The summed E-state index contributed by atoms with van der Waals surface area (Å²) >= 11 is 5.94. The molecular formula is C20H24ClN3O4S. The first-order valence-electron chi connectivity index (χ1n) is 9.80. The number of benzene rings is 1. The van der Waals surface area contributed by atoms with Crippen LogP contribution in [-0.2, 0) is 19.6 Å². The highest BCUT2D eigenvalue weighted by atomic mass is 35.5. The van der Waals surface area contributed by atoms with Crippen molar-refractivity contribution < 1.29 is 17.9 Å². The molecule has 0 unspecified atom stereocenters. The highest BCUT2D eigenvalue weighted by Crippen LogP contribution is 2.34. The number of hydrogen-bond acceptors (Lipinski definition) is 5. The fraction of sp³-hybridized carbons (Fsp3) is 0.500. The summed E-state index contributed by atoms with van der Waals surface area (Å²) in [7, 11) is -3.77. The van der Waals surface area contributed by atoms with E-state index in [0.29, 0.717) is 61.4 Å². The van der Waals surface area contributed by atoms with Gasteiger partial charge in [0.15, 0.2) is 0 Å². The molecule has 0 spiro atoms. The number of amidine groups is 1. The minimum Gasteiger partial charge on any atom is -0.381 e. The highest BCUT2D eigenvalue weighted by molar-refractivity contribution is 8.00. The quantitative estimate of drug-likeness (QED) is 0.709. The number of amides is 1. The molecule has 2 saturated heterocycles. The molecule has 1 aromatic carbocycles. The van der Waals surface area contributed by atoms with Crippen molar-refractivity contribution in [2.75, 3.05) is 39.4 Å². The summed E-state index contributed by atoms with van der Waals surface area (Å²) < 4.78 is 34.9. The van der Waals surface area contributed by atoms with Crippen molar-refractivity contribution in [1.82, 2.24) is 9.80 Å². The third-order valence-electron chi connectivity index (χ3n) is 5.63. The van der Waals surface area contributed by atoms with E-state index in [9.17, 15) is 13.2 Å². The second-order valence-corrected chi connectivity index (χ2v) is 9.55. The Kier molecular flexibility index (Phi) is 5.68. The van der Waals surface area contributed by atoms with E-state index < -0.39 is 10.0 Å². The third-order valence-corrected chi connectivity index (χ3v) is 7.36. The molecule has 9 heteroatoms. The molecule has 1 atom stereocenters. The highest BCUT2D eigenvalue weighted by Gasteiger charge is 2.35. The number of carbonyl (C=O) groups excluding carboxylic acids is 1. The topological polar surface area (TPSA) is 79.3 Å². The van der Waals surface area contributed by atoms with Crippen LogP contribution < -0.4 is 0 Å². The molecule has 29 heavy (non-hydrogen) atoms. The molecule has 2 fully saturated rings. The second-order valence-electron chi connectivity index (χ2n) is 7.58. The van der Waals surface area contributed by atoms with Crippen LogP contribution in [0.4, 0.5) is 0 Å². The first-order chi connectivity index (χ1) is 13.9. The van der Waals surface area contributed by atoms with Crippen LogP contribution in [0.25, 0.3) is 4.91 Å². The van der Waals surface area contributed by atoms with E-state index in [-0.39, 0.29) is 16.7 Å². The Morgan fingerprint density at radius 2 is 1.93 bits per heavy atom. The van der Waals surface area contributed by atoms with Gasteiger partial charge in [-0.3, -0.25) is 4.79 Å². The van der Waals surface area contributed by atoms with Gasteiger partial charge in [-0.2, -0.15) is 8.42 Å². The van der Waals surface area contributed by atoms with Crippen molar-refractivity contribution in [3.63, 3.8) is 0 Å². The van der Waals surface area contributed by atoms with Crippen molar-refractivity contribution in [2.24, 2.45) is 10.3 Å². The van der Waals surface area contributed by atoms with Crippen molar-refractivity contribution in [1.29, 1.82) is 0 Å². The molecule has 156 valence electrons. The Morgan fingerprint density at radius 3 is 2.62 bits per heavy atom. The van der Waals surface area contributed by atoms with Crippen LogP contribution in [0.1, 0.15) is 25.3 Å². The predicted octanol–water partition coefficient (Wildman–Crippen LogP) is 2.38. The summed E-state index contributed by atoms with van der Waals surface area (Å²) in [6, 6.07) is 6.74. The smallest absolute Gasteiger partial charge is 0.285 e. The first-order valence-corrected chi connectivity index (χ1v) is 11.6. The van der Waals surface area contributed by atoms with Gasteiger partial charge in [-0.25, -0.2) is 0 Å². The monoisotopic (exact) mass is 437 g/mol. The number of rotatable bonds is 2. The lowest BCUT2D eigenvalue weighted by molar-refractivity contribution is -0.135. The lowest BCUT2D eigenvalue weighted by Gasteiger charge is -2.25. The van der Waals surface area contributed by atoms with E-state index >= 15 is 0 Å². The van der Waals surface area contributed by atoms with Gasteiger partial charge in [0.1, 0.15) is 10.7 Å². The fourth-order valence-corrected chi connectivity index (χ4v) is 5.73. The average Bonchev–Trinajstić information content (AvgIpc) is 3.21. The van der Waals surface area contributed by atoms with Gasteiger partial charge in [-0.15, -0.1) is 4.40 Å². The van der Waals surface area contributed by atoms with Gasteiger partial charge >= 0.3 is 0 Å². The van der Waals surface area contributed by atoms with Gasteiger partial charge in [0.2, 0.25) is 5.91 Å². The number of carbonyl (C=O) groups is 1. The minimum atomic E-state index is -3.77. The average molecular weight is 438 g/mol. The molecule has 1 amide bonds. The number of nitrogens with zero attached hydrogens (tertiary/aromatic N) is 3. The molecule has 3 aliphatic heterocycles. The molecule has 0 N–H and O–H groups in total. The van der Waals surface area contributed by atoms with Crippen LogP contribution in [0, 0.1) is 5.92 Å². The summed E-state index contributed by atoms with van der Waals surface area (Å²) in [5.74, 6) is 0.566. The lowest BCUT2D eigenvalue weighted by atomic mass is 10.1. The van der Waals surface area contributed by atoms with E-state index in [2.05, 4.69) is 4.40 Å². The van der Waals surface area contributed by atoms with Crippen LogP contribution in [0.5, 0.6) is 0 Å². The molecule has 0 bridgehead atoms. The predicted molar refractivity (Wildman–Crippen MR) is 112 cm³/mol. The Labute approximate surface area is 176 Å². The summed E-state index contributed by atoms with van der Waals surface area (Å²) in [5, 5.41) is 0.550. The van der Waals surface area contributed by atoms with E-state index in [0.717, 1.165) is 12.8 Å². The Hall–Kier alpha value is -1.90. The number of halogens is 1. The lowest BCUT2D eigenvalue weighted by Crippen LogP contribution is -2.40. The normalized spacial score (nSPS) is 24.6. The zero-order valence-electron chi connectivity index (χ0n) is 16.3. The van der Waals surface area contributed by atoms with Gasteiger partial charge in [0, 0.05) is 43.4 Å². The van der Waals surface area contributed by atoms with Crippen molar-refractivity contribution in [3.8, 4) is 0 Å². The maximum absolute atomic E-state index is 12.8. The van der Waals surface area contributed by atoms with Crippen LogP contribution in [0.3, 0.4) is 0 Å². The van der Waals surface area contributed by atoms with Gasteiger partial charge in [0.05, 0.1) is 12.5 Å². The Morgan fingerprint density at radius 1 is 1.17 bits per heavy atom. The maximum Gasteiger partial charge on any atom is 0.285 e. The molecule has 3 heterocycles. The van der Waals surface area contributed by atoms with E-state index in [1.165, 1.54) is 0 Å². The SMILES string of the molecule is CC1=C(c2ccc(Cl)cc2)S(=O)(=O)N=C1N1CCCN(C(=O)[C@H]2CCOC2)CC1. The van der Waals surface area contributed by atoms with E-state index in [1.54, 1.807) is 31.2 Å². The maximum atomic E-state index is 12.8. The summed E-state index contributed by atoms with van der Waals surface area (Å²) in [4.78, 5) is 16.8. The van der Waals surface area contributed by atoms with Crippen LogP contribution in [-0.4, -0.2) is 69.4 Å². The zero-order valence-corrected chi connectivity index (χ0v) is 17.9. The number of ether oxygens (including phenoxy) is 1. The molecule has 0 aromatic heterocycles. The first kappa shape index (κ1) is 20.4. The molecule has 4 rings (SSSR count). The van der Waals surface area contributed by atoms with Gasteiger partial charge < -0.3 is 14.5 Å². The molecule has 0 aliphatic carbocycles. The molecule has 0 saturated carbocycles. The van der Waals surface area contributed by atoms with Crippen molar-refractivity contribution in [2.45, 2.75) is 19.8 Å². The van der Waals surface area contributed by atoms with Crippen molar-refractivity contribution >= 4 is 38.3 Å². The molecule has 0 radical (unpaired) electrons. The second kappa shape index (κ2) is 8.08. The van der Waals surface area contributed by atoms with E-state index in [4.69, 9.17) is 16.3 Å². The molecule has 1 aromatic rings. The summed E-state index contributed by atoms with van der Waals surface area (Å²) in [6.07, 6.45) is 1.54. The Bertz CT molecular complexity index is 966. The van der Waals surface area contributed by atoms with Gasteiger partial charge in [-0.05, 0) is 37.5 Å². The molecule has 7 nitrogen and oxygen atoms in total. The summed E-state index contributed by atoms with van der Waals surface area (Å²) in [5.41, 5.74) is 1.22. The van der Waals surface area contributed by atoms with Crippen LogP contribution in [0.15, 0.2) is 34.2 Å². The van der Waals surface area contributed by atoms with Crippen LogP contribution >= 0.6 is 11.6 Å².